The van der Waals surface area contributed by atoms with E-state index in [1.54, 1.807) is 19.5 Å². The third-order valence-electron chi connectivity index (χ3n) is 4.16. The van der Waals surface area contributed by atoms with Crippen molar-refractivity contribution in [2.75, 3.05) is 38.3 Å². The molecule has 0 bridgehead atoms. The van der Waals surface area contributed by atoms with Gasteiger partial charge in [0, 0.05) is 36.7 Å². The zero-order chi connectivity index (χ0) is 16.4. The fraction of sp³-hybridized carbons (Fsp3) is 0.278. The topological polar surface area (TPSA) is 60.4 Å². The van der Waals surface area contributed by atoms with Gasteiger partial charge in [-0.25, -0.2) is 9.97 Å². The number of nitrogens with zero attached hydrogens (tertiary/aromatic N) is 4. The fourth-order valence-corrected chi connectivity index (χ4v) is 2.90. The predicted octanol–water partition coefficient (Wildman–Crippen LogP) is 2.54. The molecule has 0 saturated carbocycles. The number of morpholine rings is 1. The Morgan fingerprint density at radius 1 is 1.04 bits per heavy atom. The van der Waals surface area contributed by atoms with E-state index in [4.69, 9.17) is 9.47 Å². The number of rotatable bonds is 3. The summed E-state index contributed by atoms with van der Waals surface area (Å²) in [5.41, 5.74) is 4.51. The number of hydrogen-bond donors (Lipinski definition) is 0. The Bertz CT molecular complexity index is 845. The Morgan fingerprint density at radius 3 is 2.54 bits per heavy atom. The van der Waals surface area contributed by atoms with Crippen LogP contribution in [0.2, 0.25) is 0 Å². The Balaban J connectivity index is 1.69. The molecule has 6 heteroatoms. The van der Waals surface area contributed by atoms with E-state index in [1.807, 2.05) is 6.07 Å². The number of hydrogen-bond acceptors (Lipinski definition) is 6. The lowest BCUT2D eigenvalue weighted by Crippen LogP contribution is -2.36. The number of benzene rings is 1. The van der Waals surface area contributed by atoms with Crippen molar-refractivity contribution < 1.29 is 9.47 Å². The summed E-state index contributed by atoms with van der Waals surface area (Å²) in [6, 6.07) is 10.3. The van der Waals surface area contributed by atoms with Gasteiger partial charge < -0.3 is 14.4 Å². The van der Waals surface area contributed by atoms with E-state index in [-0.39, 0.29) is 0 Å². The molecule has 0 N–H and O–H groups in total. The van der Waals surface area contributed by atoms with Crippen LogP contribution in [0.5, 0.6) is 5.88 Å². The molecule has 2 aromatic heterocycles. The van der Waals surface area contributed by atoms with Crippen LogP contribution in [0.4, 0.5) is 5.69 Å². The van der Waals surface area contributed by atoms with Crippen molar-refractivity contribution in [3.8, 4) is 17.1 Å². The maximum absolute atomic E-state index is 5.40. The summed E-state index contributed by atoms with van der Waals surface area (Å²) in [7, 11) is 1.60. The van der Waals surface area contributed by atoms with Crippen LogP contribution >= 0.6 is 0 Å². The van der Waals surface area contributed by atoms with E-state index in [0.29, 0.717) is 11.4 Å². The molecule has 0 amide bonds. The molecule has 6 nitrogen and oxygen atoms in total. The summed E-state index contributed by atoms with van der Waals surface area (Å²) in [6.07, 6.45) is 3.32. The number of methoxy groups -OCH3 is 1. The molecule has 0 spiro atoms. The SMILES string of the molecule is COc1nc(-c2ccc(N3CCOCC3)cc2)cc2nccnc12. The standard InChI is InChI=1S/C18H18N4O2/c1-23-18-17-16(19-6-7-20-17)12-15(21-18)13-2-4-14(5-3-13)22-8-10-24-11-9-22/h2-7,12H,8-11H2,1H3. The van der Waals surface area contributed by atoms with Gasteiger partial charge in [0.1, 0.15) is 0 Å². The van der Waals surface area contributed by atoms with Gasteiger partial charge in [-0.15, -0.1) is 0 Å². The zero-order valence-corrected chi connectivity index (χ0v) is 13.5. The first kappa shape index (κ1) is 14.8. The second-order valence-electron chi connectivity index (χ2n) is 5.59. The third-order valence-corrected chi connectivity index (χ3v) is 4.16. The minimum absolute atomic E-state index is 0.493. The van der Waals surface area contributed by atoms with Gasteiger partial charge in [-0.1, -0.05) is 12.1 Å². The lowest BCUT2D eigenvalue weighted by atomic mass is 10.1. The molecule has 1 aliphatic rings. The lowest BCUT2D eigenvalue weighted by Gasteiger charge is -2.28. The smallest absolute Gasteiger partial charge is 0.242 e. The summed E-state index contributed by atoms with van der Waals surface area (Å²) < 4.78 is 10.8. The number of ether oxygens (including phenoxy) is 2. The maximum Gasteiger partial charge on any atom is 0.242 e. The van der Waals surface area contributed by atoms with Gasteiger partial charge in [0.15, 0.2) is 5.52 Å². The highest BCUT2D eigenvalue weighted by Crippen LogP contribution is 2.28. The second kappa shape index (κ2) is 6.41. The molecule has 1 aromatic carbocycles. The Morgan fingerprint density at radius 2 is 1.79 bits per heavy atom. The summed E-state index contributed by atoms with van der Waals surface area (Å²) in [6.45, 7) is 3.42. The lowest BCUT2D eigenvalue weighted by molar-refractivity contribution is 0.122. The highest BCUT2D eigenvalue weighted by atomic mass is 16.5. The first-order valence-corrected chi connectivity index (χ1v) is 7.94. The molecule has 1 saturated heterocycles. The summed E-state index contributed by atoms with van der Waals surface area (Å²) in [5.74, 6) is 0.493. The van der Waals surface area contributed by atoms with Crippen molar-refractivity contribution in [3.05, 3.63) is 42.7 Å². The Hall–Kier alpha value is -2.73. The van der Waals surface area contributed by atoms with E-state index >= 15 is 0 Å². The minimum atomic E-state index is 0.493. The van der Waals surface area contributed by atoms with E-state index in [9.17, 15) is 0 Å². The molecule has 122 valence electrons. The molecular formula is C18H18N4O2. The van der Waals surface area contributed by atoms with Crippen LogP contribution < -0.4 is 9.64 Å². The molecule has 0 atom stereocenters. The van der Waals surface area contributed by atoms with Gasteiger partial charge in [0.25, 0.3) is 0 Å². The molecule has 24 heavy (non-hydrogen) atoms. The zero-order valence-electron chi connectivity index (χ0n) is 13.5. The van der Waals surface area contributed by atoms with E-state index in [1.165, 1.54) is 5.69 Å². The van der Waals surface area contributed by atoms with E-state index in [2.05, 4.69) is 44.1 Å². The van der Waals surface area contributed by atoms with Crippen molar-refractivity contribution in [1.82, 2.24) is 15.0 Å². The molecule has 1 aliphatic heterocycles. The fourth-order valence-electron chi connectivity index (χ4n) is 2.90. The Labute approximate surface area is 140 Å². The quantitative estimate of drug-likeness (QED) is 0.738. The number of fused-ring (bicyclic) bond motifs is 1. The number of anilines is 1. The molecule has 3 heterocycles. The van der Waals surface area contributed by atoms with Gasteiger partial charge in [-0.05, 0) is 18.2 Å². The highest BCUT2D eigenvalue weighted by Gasteiger charge is 2.13. The van der Waals surface area contributed by atoms with Crippen LogP contribution in [0.3, 0.4) is 0 Å². The van der Waals surface area contributed by atoms with Gasteiger partial charge in [0.2, 0.25) is 5.88 Å². The van der Waals surface area contributed by atoms with Crippen molar-refractivity contribution >= 4 is 16.7 Å². The monoisotopic (exact) mass is 322 g/mol. The molecular weight excluding hydrogens is 304 g/mol. The minimum Gasteiger partial charge on any atom is -0.479 e. The molecule has 4 rings (SSSR count). The second-order valence-corrected chi connectivity index (χ2v) is 5.59. The molecule has 0 unspecified atom stereocenters. The normalized spacial score (nSPS) is 14.8. The van der Waals surface area contributed by atoms with Gasteiger partial charge in [-0.2, -0.15) is 0 Å². The van der Waals surface area contributed by atoms with Crippen molar-refractivity contribution in [2.24, 2.45) is 0 Å². The van der Waals surface area contributed by atoms with Gasteiger partial charge in [-0.3, -0.25) is 4.98 Å². The molecule has 0 aliphatic carbocycles. The summed E-state index contributed by atoms with van der Waals surface area (Å²) in [5, 5.41) is 0. The van der Waals surface area contributed by atoms with Crippen molar-refractivity contribution in [3.63, 3.8) is 0 Å². The van der Waals surface area contributed by atoms with Crippen LogP contribution in [0.1, 0.15) is 0 Å². The van der Waals surface area contributed by atoms with Crippen LogP contribution in [-0.2, 0) is 4.74 Å². The number of aromatic nitrogens is 3. The summed E-state index contributed by atoms with van der Waals surface area (Å²) >= 11 is 0. The van der Waals surface area contributed by atoms with Gasteiger partial charge in [0.05, 0.1) is 31.5 Å². The van der Waals surface area contributed by atoms with Crippen LogP contribution in [0, 0.1) is 0 Å². The first-order chi connectivity index (χ1) is 11.8. The van der Waals surface area contributed by atoms with Gasteiger partial charge >= 0.3 is 0 Å². The number of pyridine rings is 1. The average molecular weight is 322 g/mol. The van der Waals surface area contributed by atoms with E-state index < -0.39 is 0 Å². The maximum atomic E-state index is 5.40. The first-order valence-electron chi connectivity index (χ1n) is 7.94. The molecule has 0 radical (unpaired) electrons. The van der Waals surface area contributed by atoms with Crippen LogP contribution in [0.25, 0.3) is 22.3 Å². The van der Waals surface area contributed by atoms with E-state index in [0.717, 1.165) is 43.1 Å². The van der Waals surface area contributed by atoms with Crippen molar-refractivity contribution in [1.29, 1.82) is 0 Å². The summed E-state index contributed by atoms with van der Waals surface area (Å²) in [4.78, 5) is 15.6. The predicted molar refractivity (Wildman–Crippen MR) is 92.4 cm³/mol. The average Bonchev–Trinajstić information content (AvgIpc) is 2.68. The largest absolute Gasteiger partial charge is 0.479 e. The van der Waals surface area contributed by atoms with Crippen LogP contribution in [0.15, 0.2) is 42.7 Å². The third kappa shape index (κ3) is 2.76. The van der Waals surface area contributed by atoms with Crippen molar-refractivity contribution in [2.45, 2.75) is 0 Å². The molecule has 3 aromatic rings. The Kier molecular flexibility index (Phi) is 3.96. The highest BCUT2D eigenvalue weighted by molar-refractivity contribution is 5.83. The molecule has 1 fully saturated rings. The van der Waals surface area contributed by atoms with Crippen LogP contribution in [-0.4, -0.2) is 48.4 Å².